The van der Waals surface area contributed by atoms with Gasteiger partial charge in [0.05, 0.1) is 24.0 Å². The van der Waals surface area contributed by atoms with Crippen molar-refractivity contribution < 1.29 is 12.6 Å². The molecule has 20 heavy (non-hydrogen) atoms. The first-order valence-electron chi connectivity index (χ1n) is 6.38. The molecule has 0 radical (unpaired) electrons. The molecule has 1 N–H and O–H groups in total. The minimum Gasteiger partial charge on any atom is -0.358 e. The Balaban J connectivity index is 2.01. The largest absolute Gasteiger partial charge is 0.358 e. The van der Waals surface area contributed by atoms with Crippen LogP contribution in [-0.2, 0) is 27.1 Å². The highest BCUT2D eigenvalue weighted by Crippen LogP contribution is 2.31. The number of aromatic nitrogens is 1. The molecule has 2 aromatic rings. The van der Waals surface area contributed by atoms with E-state index < -0.39 is 10.1 Å². The number of benzene rings is 1. The molecular formula is C14H14N2O3S. The predicted molar refractivity (Wildman–Crippen MR) is 74.8 cm³/mol. The lowest BCUT2D eigenvalue weighted by Crippen LogP contribution is -2.24. The van der Waals surface area contributed by atoms with Crippen LogP contribution in [-0.4, -0.2) is 25.8 Å². The van der Waals surface area contributed by atoms with Crippen molar-refractivity contribution in [3.63, 3.8) is 0 Å². The lowest BCUT2D eigenvalue weighted by atomic mass is 9.93. The average molecular weight is 290 g/mol. The molecule has 104 valence electrons. The summed E-state index contributed by atoms with van der Waals surface area (Å²) in [7, 11) is -3.44. The maximum Gasteiger partial charge on any atom is 0.264 e. The molecule has 1 aliphatic carbocycles. The van der Waals surface area contributed by atoms with Crippen LogP contribution in [0.5, 0.6) is 0 Å². The summed E-state index contributed by atoms with van der Waals surface area (Å²) in [6.07, 6.45) is 2.75. The van der Waals surface area contributed by atoms with Gasteiger partial charge in [-0.1, -0.05) is 0 Å². The van der Waals surface area contributed by atoms with Crippen LogP contribution in [0.1, 0.15) is 23.2 Å². The fourth-order valence-corrected chi connectivity index (χ4v) is 3.44. The zero-order chi connectivity index (χ0) is 14.3. The Labute approximate surface area is 117 Å². The van der Waals surface area contributed by atoms with Crippen LogP contribution in [0.25, 0.3) is 10.9 Å². The van der Waals surface area contributed by atoms with E-state index in [0.29, 0.717) is 18.4 Å². The Bertz CT molecular complexity index is 815. The molecule has 0 fully saturated rings. The van der Waals surface area contributed by atoms with E-state index in [1.807, 2.05) is 12.1 Å². The molecule has 1 aromatic heterocycles. The van der Waals surface area contributed by atoms with E-state index in [0.717, 1.165) is 34.8 Å². The van der Waals surface area contributed by atoms with Gasteiger partial charge in [0.1, 0.15) is 0 Å². The van der Waals surface area contributed by atoms with Crippen LogP contribution in [0.4, 0.5) is 0 Å². The summed E-state index contributed by atoms with van der Waals surface area (Å²) in [6.45, 7) is 0. The van der Waals surface area contributed by atoms with Crippen LogP contribution in [0.2, 0.25) is 0 Å². The molecule has 0 saturated carbocycles. The number of aromatic amines is 1. The first-order valence-corrected chi connectivity index (χ1v) is 8.20. The second kappa shape index (κ2) is 4.62. The maximum absolute atomic E-state index is 11.2. The SMILES string of the molecule is CS(=O)(=O)OC1CCc2[nH]c3ccc(C#N)cc3c2C1. The van der Waals surface area contributed by atoms with E-state index >= 15 is 0 Å². The molecule has 0 aliphatic heterocycles. The van der Waals surface area contributed by atoms with Gasteiger partial charge >= 0.3 is 0 Å². The van der Waals surface area contributed by atoms with Gasteiger partial charge in [0.25, 0.3) is 10.1 Å². The van der Waals surface area contributed by atoms with Gasteiger partial charge in [0.2, 0.25) is 0 Å². The lowest BCUT2D eigenvalue weighted by Gasteiger charge is -2.21. The van der Waals surface area contributed by atoms with Gasteiger partial charge in [0.15, 0.2) is 0 Å². The molecule has 0 bridgehead atoms. The summed E-state index contributed by atoms with van der Waals surface area (Å²) in [5.41, 5.74) is 3.76. The van der Waals surface area contributed by atoms with Crippen LogP contribution >= 0.6 is 0 Å². The first-order chi connectivity index (χ1) is 9.46. The number of rotatable bonds is 2. The number of H-pyrrole nitrogens is 1. The van der Waals surface area contributed by atoms with Crippen molar-refractivity contribution in [3.8, 4) is 6.07 Å². The Morgan fingerprint density at radius 3 is 2.95 bits per heavy atom. The van der Waals surface area contributed by atoms with Gasteiger partial charge in [-0.3, -0.25) is 4.18 Å². The number of nitrogens with zero attached hydrogens (tertiary/aromatic N) is 1. The number of fused-ring (bicyclic) bond motifs is 3. The summed E-state index contributed by atoms with van der Waals surface area (Å²) in [5, 5.41) is 9.97. The second-order valence-electron chi connectivity index (χ2n) is 5.12. The average Bonchev–Trinajstić information content (AvgIpc) is 2.74. The van der Waals surface area contributed by atoms with Crippen molar-refractivity contribution in [2.24, 2.45) is 0 Å². The Morgan fingerprint density at radius 2 is 2.25 bits per heavy atom. The van der Waals surface area contributed by atoms with Gasteiger partial charge in [-0.25, -0.2) is 0 Å². The molecule has 1 heterocycles. The van der Waals surface area contributed by atoms with Crippen molar-refractivity contribution in [2.75, 3.05) is 6.26 Å². The van der Waals surface area contributed by atoms with Gasteiger partial charge in [-0.2, -0.15) is 13.7 Å². The molecule has 0 saturated heterocycles. The van der Waals surface area contributed by atoms with Gasteiger partial charge in [-0.15, -0.1) is 0 Å². The highest BCUT2D eigenvalue weighted by molar-refractivity contribution is 7.86. The molecule has 0 amide bonds. The summed E-state index contributed by atoms with van der Waals surface area (Å²) < 4.78 is 27.6. The fourth-order valence-electron chi connectivity index (χ4n) is 2.78. The fraction of sp³-hybridized carbons (Fsp3) is 0.357. The van der Waals surface area contributed by atoms with Gasteiger partial charge < -0.3 is 4.98 Å². The molecule has 3 rings (SSSR count). The molecule has 5 nitrogen and oxygen atoms in total. The maximum atomic E-state index is 11.2. The molecule has 1 atom stereocenters. The smallest absolute Gasteiger partial charge is 0.264 e. The van der Waals surface area contributed by atoms with Crippen molar-refractivity contribution in [3.05, 3.63) is 35.0 Å². The number of nitriles is 1. The number of aryl methyl sites for hydroxylation is 1. The Hall–Kier alpha value is -1.84. The highest BCUT2D eigenvalue weighted by Gasteiger charge is 2.25. The van der Waals surface area contributed by atoms with Crippen molar-refractivity contribution in [1.29, 1.82) is 5.26 Å². The number of nitrogens with one attached hydrogen (secondary N) is 1. The number of hydrogen-bond acceptors (Lipinski definition) is 4. The van der Waals surface area contributed by atoms with E-state index in [9.17, 15) is 8.42 Å². The van der Waals surface area contributed by atoms with Crippen molar-refractivity contribution in [2.45, 2.75) is 25.4 Å². The zero-order valence-electron chi connectivity index (χ0n) is 11.0. The van der Waals surface area contributed by atoms with E-state index in [4.69, 9.17) is 9.44 Å². The standard InChI is InChI=1S/C14H14N2O3S/c1-20(17,18)19-10-3-5-14-12(7-10)11-6-9(8-15)2-4-13(11)16-14/h2,4,6,10,16H,3,5,7H2,1H3. The summed E-state index contributed by atoms with van der Waals surface area (Å²) in [6, 6.07) is 7.63. The molecule has 1 aliphatic rings. The van der Waals surface area contributed by atoms with Crippen molar-refractivity contribution in [1.82, 2.24) is 4.98 Å². The molecule has 0 spiro atoms. The minimum atomic E-state index is -3.44. The highest BCUT2D eigenvalue weighted by atomic mass is 32.2. The second-order valence-corrected chi connectivity index (χ2v) is 6.72. The third-order valence-electron chi connectivity index (χ3n) is 3.58. The Morgan fingerprint density at radius 1 is 1.45 bits per heavy atom. The van der Waals surface area contributed by atoms with Crippen LogP contribution in [0, 0.1) is 11.3 Å². The number of hydrogen-bond donors (Lipinski definition) is 1. The monoisotopic (exact) mass is 290 g/mol. The summed E-state index contributed by atoms with van der Waals surface area (Å²) >= 11 is 0. The Kier molecular flexibility index (Phi) is 3.04. The van der Waals surface area contributed by atoms with Gasteiger partial charge in [0, 0.05) is 23.0 Å². The van der Waals surface area contributed by atoms with E-state index in [1.165, 1.54) is 0 Å². The van der Waals surface area contributed by atoms with E-state index in [1.54, 1.807) is 6.07 Å². The normalized spacial score (nSPS) is 18.7. The van der Waals surface area contributed by atoms with Crippen LogP contribution in [0.3, 0.4) is 0 Å². The minimum absolute atomic E-state index is 0.317. The van der Waals surface area contributed by atoms with E-state index in [-0.39, 0.29) is 6.10 Å². The van der Waals surface area contributed by atoms with Gasteiger partial charge in [-0.05, 0) is 36.6 Å². The third kappa shape index (κ3) is 2.42. The third-order valence-corrected chi connectivity index (χ3v) is 4.20. The lowest BCUT2D eigenvalue weighted by molar-refractivity contribution is 0.194. The zero-order valence-corrected chi connectivity index (χ0v) is 11.8. The topological polar surface area (TPSA) is 83.0 Å². The van der Waals surface area contributed by atoms with Crippen molar-refractivity contribution >= 4 is 21.0 Å². The molecular weight excluding hydrogens is 276 g/mol. The van der Waals surface area contributed by atoms with Crippen LogP contribution < -0.4 is 0 Å². The first kappa shape index (κ1) is 13.2. The molecule has 1 unspecified atom stereocenters. The molecule has 1 aromatic carbocycles. The quantitative estimate of drug-likeness (QED) is 0.856. The molecule has 6 heteroatoms. The predicted octanol–water partition coefficient (Wildman–Crippen LogP) is 1.87. The van der Waals surface area contributed by atoms with Crippen LogP contribution in [0.15, 0.2) is 18.2 Å². The van der Waals surface area contributed by atoms with E-state index in [2.05, 4.69) is 11.1 Å². The summed E-state index contributed by atoms with van der Waals surface area (Å²) in [4.78, 5) is 3.34. The summed E-state index contributed by atoms with van der Waals surface area (Å²) in [5.74, 6) is 0.